The Bertz CT molecular complexity index is 569. The molecule has 0 spiro atoms. The van der Waals surface area contributed by atoms with Gasteiger partial charge in [-0.3, -0.25) is 0 Å². The number of rotatable bonds is 4. The van der Waals surface area contributed by atoms with Crippen LogP contribution in [0.3, 0.4) is 0 Å². The summed E-state index contributed by atoms with van der Waals surface area (Å²) in [7, 11) is 2.05. The minimum Gasteiger partial charge on any atom is -0.384 e. The molecule has 3 heteroatoms. The zero-order valence-electron chi connectivity index (χ0n) is 11.8. The highest BCUT2D eigenvalue weighted by Crippen LogP contribution is 2.29. The van der Waals surface area contributed by atoms with Crippen LogP contribution in [0, 0.1) is 5.92 Å². The van der Waals surface area contributed by atoms with Gasteiger partial charge < -0.3 is 11.1 Å². The maximum absolute atomic E-state index is 5.77. The monoisotopic (exact) mass is 267 g/mol. The van der Waals surface area contributed by atoms with Crippen LogP contribution in [0.1, 0.15) is 16.7 Å². The number of fused-ring (bicyclic) bond motifs is 1. The van der Waals surface area contributed by atoms with Gasteiger partial charge in [0.05, 0.1) is 0 Å². The number of hydrogen-bond acceptors (Lipinski definition) is 3. The van der Waals surface area contributed by atoms with Gasteiger partial charge in [0.2, 0.25) is 0 Å². The van der Waals surface area contributed by atoms with Gasteiger partial charge in [0, 0.05) is 12.2 Å². The second-order valence-corrected chi connectivity index (χ2v) is 5.63. The molecule has 3 N–H and O–H groups in total. The third kappa shape index (κ3) is 2.68. The number of nitrogens with two attached hydrogens (primary N) is 1. The molecule has 1 aliphatic carbocycles. The molecule has 104 valence electrons. The van der Waals surface area contributed by atoms with Gasteiger partial charge in [-0.2, -0.15) is 0 Å². The van der Waals surface area contributed by atoms with Crippen LogP contribution in [0.5, 0.6) is 0 Å². The molecule has 3 nitrogen and oxygen atoms in total. The van der Waals surface area contributed by atoms with Crippen LogP contribution in [-0.4, -0.2) is 18.1 Å². The van der Waals surface area contributed by atoms with E-state index in [1.807, 2.05) is 6.07 Å². The summed E-state index contributed by atoms with van der Waals surface area (Å²) in [6.45, 7) is 0. The second kappa shape index (κ2) is 5.63. The molecule has 2 aromatic rings. The summed E-state index contributed by atoms with van der Waals surface area (Å²) in [5, 5.41) is 3.49. The van der Waals surface area contributed by atoms with Crippen molar-refractivity contribution >= 4 is 5.82 Å². The van der Waals surface area contributed by atoms with Gasteiger partial charge in [0.25, 0.3) is 0 Å². The van der Waals surface area contributed by atoms with Crippen molar-refractivity contribution in [3.63, 3.8) is 0 Å². The lowest BCUT2D eigenvalue weighted by Gasteiger charge is -2.23. The van der Waals surface area contributed by atoms with E-state index >= 15 is 0 Å². The maximum atomic E-state index is 5.77. The predicted molar refractivity (Wildman–Crippen MR) is 82.5 cm³/mol. The Morgan fingerprint density at radius 3 is 2.55 bits per heavy atom. The number of nitrogens with zero attached hydrogens (tertiary/aromatic N) is 1. The van der Waals surface area contributed by atoms with E-state index in [-0.39, 0.29) is 0 Å². The van der Waals surface area contributed by atoms with Crippen LogP contribution >= 0.6 is 0 Å². The lowest BCUT2D eigenvalue weighted by Crippen LogP contribution is -2.36. The van der Waals surface area contributed by atoms with Crippen molar-refractivity contribution in [1.29, 1.82) is 0 Å². The first-order chi connectivity index (χ1) is 9.76. The third-order valence-corrected chi connectivity index (χ3v) is 4.32. The van der Waals surface area contributed by atoms with Crippen molar-refractivity contribution < 1.29 is 0 Å². The molecule has 0 amide bonds. The Labute approximate surface area is 120 Å². The van der Waals surface area contributed by atoms with Gasteiger partial charge in [0.15, 0.2) is 0 Å². The first-order valence-corrected chi connectivity index (χ1v) is 7.20. The van der Waals surface area contributed by atoms with Gasteiger partial charge >= 0.3 is 0 Å². The number of likely N-dealkylation sites (N-methyl/N-ethyl adjacent to an activating group) is 1. The van der Waals surface area contributed by atoms with Gasteiger partial charge in [-0.25, -0.2) is 4.98 Å². The quantitative estimate of drug-likeness (QED) is 0.893. The maximum Gasteiger partial charge on any atom is 0.123 e. The Morgan fingerprint density at radius 2 is 1.95 bits per heavy atom. The second-order valence-electron chi connectivity index (χ2n) is 5.63. The Morgan fingerprint density at radius 1 is 1.25 bits per heavy atom. The van der Waals surface area contributed by atoms with E-state index in [1.165, 1.54) is 29.5 Å². The van der Waals surface area contributed by atoms with E-state index in [0.29, 0.717) is 17.8 Å². The highest BCUT2D eigenvalue weighted by atomic mass is 14.9. The first-order valence-electron chi connectivity index (χ1n) is 7.20. The van der Waals surface area contributed by atoms with Crippen LogP contribution < -0.4 is 11.1 Å². The molecule has 20 heavy (non-hydrogen) atoms. The minimum absolute atomic E-state index is 0.476. The molecule has 0 saturated carbocycles. The van der Waals surface area contributed by atoms with Gasteiger partial charge in [0.1, 0.15) is 5.82 Å². The molecule has 1 heterocycles. The SMILES string of the molecule is CNC(Cc1ccnc(N)c1)C1Cc2ccccc2C1. The standard InChI is InChI=1S/C17H21N3/c1-19-16(8-12-6-7-20-17(18)9-12)15-10-13-4-2-3-5-14(13)11-15/h2-7,9,15-16,19H,8,10-11H2,1H3,(H2,18,20). The Balaban J connectivity index is 1.72. The van der Waals surface area contributed by atoms with Crippen LogP contribution in [0.2, 0.25) is 0 Å². The normalized spacial score (nSPS) is 16.1. The van der Waals surface area contributed by atoms with Crippen molar-refractivity contribution in [2.75, 3.05) is 12.8 Å². The van der Waals surface area contributed by atoms with Crippen molar-refractivity contribution in [3.8, 4) is 0 Å². The number of hydrogen-bond donors (Lipinski definition) is 2. The fourth-order valence-electron chi connectivity index (χ4n) is 3.26. The van der Waals surface area contributed by atoms with Gasteiger partial charge in [-0.05, 0) is 61.1 Å². The summed E-state index contributed by atoms with van der Waals surface area (Å²) in [6.07, 6.45) is 5.13. The summed E-state index contributed by atoms with van der Waals surface area (Å²) in [4.78, 5) is 4.06. The topological polar surface area (TPSA) is 50.9 Å². The number of anilines is 1. The molecule has 1 aromatic heterocycles. The van der Waals surface area contributed by atoms with Crippen molar-refractivity contribution in [2.45, 2.75) is 25.3 Å². The molecular weight excluding hydrogens is 246 g/mol. The molecule has 0 aliphatic heterocycles. The van der Waals surface area contributed by atoms with E-state index in [1.54, 1.807) is 6.20 Å². The number of pyridine rings is 1. The molecular formula is C17H21N3. The first kappa shape index (κ1) is 13.1. The molecule has 1 unspecified atom stereocenters. The Hall–Kier alpha value is -1.87. The zero-order chi connectivity index (χ0) is 13.9. The largest absolute Gasteiger partial charge is 0.384 e. The fraction of sp³-hybridized carbons (Fsp3) is 0.353. The van der Waals surface area contributed by atoms with E-state index in [9.17, 15) is 0 Å². The third-order valence-electron chi connectivity index (χ3n) is 4.32. The highest BCUT2D eigenvalue weighted by molar-refractivity contribution is 5.34. The van der Waals surface area contributed by atoms with Crippen LogP contribution in [0.15, 0.2) is 42.6 Å². The van der Waals surface area contributed by atoms with Gasteiger partial charge in [-0.1, -0.05) is 24.3 Å². The summed E-state index contributed by atoms with van der Waals surface area (Å²) in [5.74, 6) is 1.26. The van der Waals surface area contributed by atoms with E-state index in [2.05, 4.69) is 47.7 Å². The number of nitrogens with one attached hydrogen (secondary N) is 1. The highest BCUT2D eigenvalue weighted by Gasteiger charge is 2.27. The molecule has 0 saturated heterocycles. The number of nitrogen functional groups attached to an aromatic ring is 1. The van der Waals surface area contributed by atoms with Crippen molar-refractivity contribution in [1.82, 2.24) is 10.3 Å². The smallest absolute Gasteiger partial charge is 0.123 e. The minimum atomic E-state index is 0.476. The van der Waals surface area contributed by atoms with E-state index in [0.717, 1.165) is 6.42 Å². The average Bonchev–Trinajstić information content (AvgIpc) is 2.88. The summed E-state index contributed by atoms with van der Waals surface area (Å²) in [6, 6.07) is 13.3. The Kier molecular flexibility index (Phi) is 3.70. The zero-order valence-corrected chi connectivity index (χ0v) is 11.8. The summed E-state index contributed by atoms with van der Waals surface area (Å²) >= 11 is 0. The summed E-state index contributed by atoms with van der Waals surface area (Å²) < 4.78 is 0. The molecule has 1 atom stereocenters. The number of benzene rings is 1. The molecule has 0 bridgehead atoms. The summed E-state index contributed by atoms with van der Waals surface area (Å²) in [5.41, 5.74) is 10.0. The van der Waals surface area contributed by atoms with Crippen molar-refractivity contribution in [2.24, 2.45) is 5.92 Å². The van der Waals surface area contributed by atoms with E-state index in [4.69, 9.17) is 5.73 Å². The number of aromatic nitrogens is 1. The molecule has 0 fully saturated rings. The lowest BCUT2D eigenvalue weighted by molar-refractivity contribution is 0.383. The fourth-order valence-corrected chi connectivity index (χ4v) is 3.26. The van der Waals surface area contributed by atoms with E-state index < -0.39 is 0 Å². The average molecular weight is 267 g/mol. The van der Waals surface area contributed by atoms with Crippen molar-refractivity contribution in [3.05, 3.63) is 59.3 Å². The predicted octanol–water partition coefficient (Wildman–Crippen LogP) is 2.21. The molecule has 1 aliphatic rings. The molecule has 1 aromatic carbocycles. The molecule has 3 rings (SSSR count). The van der Waals surface area contributed by atoms with Crippen LogP contribution in [0.4, 0.5) is 5.82 Å². The van der Waals surface area contributed by atoms with Crippen LogP contribution in [-0.2, 0) is 19.3 Å². The van der Waals surface area contributed by atoms with Crippen LogP contribution in [0.25, 0.3) is 0 Å². The molecule has 0 radical (unpaired) electrons. The van der Waals surface area contributed by atoms with Gasteiger partial charge in [-0.15, -0.1) is 0 Å². The lowest BCUT2D eigenvalue weighted by atomic mass is 9.91.